The van der Waals surface area contributed by atoms with Crippen molar-refractivity contribution < 1.29 is 23.0 Å². The Morgan fingerprint density at radius 3 is 2.61 bits per heavy atom. The number of hydrogen-bond donors (Lipinski definition) is 1. The summed E-state index contributed by atoms with van der Waals surface area (Å²) in [6, 6.07) is 8.95. The van der Waals surface area contributed by atoms with Gasteiger partial charge in [-0.1, -0.05) is 11.6 Å². The number of anilines is 1. The van der Waals surface area contributed by atoms with Gasteiger partial charge >= 0.3 is 6.29 Å². The summed E-state index contributed by atoms with van der Waals surface area (Å²) in [7, 11) is 0. The molecular formula is C18H13ClF2N4O3. The molecule has 0 saturated heterocycles. The topological polar surface area (TPSA) is 78.3 Å². The first-order valence-electron chi connectivity index (χ1n) is 8.13. The van der Waals surface area contributed by atoms with Crippen LogP contribution in [0.15, 0.2) is 36.4 Å². The standard InChI is InChI=1S/C18H13ClF2N4O3/c1-9-7-10(2)25(24-9)15-6-4-12(19)16(23-15)17(26)22-11-3-5-13-14(8-11)28-18(20,21)27-13/h3-8H,1-2H3,(H,22,26). The molecule has 1 aromatic carbocycles. The molecule has 28 heavy (non-hydrogen) atoms. The third-order valence-corrected chi connectivity index (χ3v) is 4.24. The molecule has 0 atom stereocenters. The number of nitrogens with zero attached hydrogens (tertiary/aromatic N) is 3. The highest BCUT2D eigenvalue weighted by Crippen LogP contribution is 2.42. The Balaban J connectivity index is 1.61. The van der Waals surface area contributed by atoms with Crippen LogP contribution in [0.5, 0.6) is 11.5 Å². The minimum absolute atomic E-state index is 0.0327. The number of amides is 1. The van der Waals surface area contributed by atoms with Crippen LogP contribution in [-0.2, 0) is 0 Å². The Morgan fingerprint density at radius 1 is 1.14 bits per heavy atom. The minimum Gasteiger partial charge on any atom is -0.395 e. The second kappa shape index (κ2) is 6.45. The van der Waals surface area contributed by atoms with Crippen LogP contribution in [0, 0.1) is 13.8 Å². The lowest BCUT2D eigenvalue weighted by Crippen LogP contribution is -2.25. The molecule has 0 spiro atoms. The Kier molecular flexibility index (Phi) is 4.19. The Hall–Kier alpha value is -3.20. The summed E-state index contributed by atoms with van der Waals surface area (Å²) in [4.78, 5) is 16.9. The van der Waals surface area contributed by atoms with E-state index in [2.05, 4.69) is 24.9 Å². The number of pyridine rings is 1. The molecule has 4 rings (SSSR count). The molecule has 1 amide bonds. The Bertz CT molecular complexity index is 1100. The third-order valence-electron chi connectivity index (χ3n) is 3.93. The average Bonchev–Trinajstić information content (AvgIpc) is 3.11. The smallest absolute Gasteiger partial charge is 0.395 e. The number of rotatable bonds is 3. The molecule has 3 heterocycles. The highest BCUT2D eigenvalue weighted by molar-refractivity contribution is 6.34. The highest BCUT2D eigenvalue weighted by Gasteiger charge is 2.43. The SMILES string of the molecule is Cc1cc(C)n(-c2ccc(Cl)c(C(=O)Nc3ccc4c(c3)OC(F)(F)O4)n2)n1. The van der Waals surface area contributed by atoms with Crippen molar-refractivity contribution in [3.8, 4) is 17.3 Å². The number of aryl methyl sites for hydroxylation is 2. The van der Waals surface area contributed by atoms with E-state index in [-0.39, 0.29) is 27.9 Å². The van der Waals surface area contributed by atoms with Gasteiger partial charge in [-0.25, -0.2) is 9.67 Å². The van der Waals surface area contributed by atoms with Crippen LogP contribution in [0.1, 0.15) is 21.9 Å². The van der Waals surface area contributed by atoms with Gasteiger partial charge in [-0.3, -0.25) is 4.79 Å². The van der Waals surface area contributed by atoms with E-state index in [9.17, 15) is 13.6 Å². The van der Waals surface area contributed by atoms with Crippen LogP contribution in [0.3, 0.4) is 0 Å². The van der Waals surface area contributed by atoms with E-state index in [1.54, 1.807) is 10.7 Å². The number of aromatic nitrogens is 3. The van der Waals surface area contributed by atoms with Crippen LogP contribution in [0.4, 0.5) is 14.5 Å². The highest BCUT2D eigenvalue weighted by atomic mass is 35.5. The van der Waals surface area contributed by atoms with E-state index in [4.69, 9.17) is 11.6 Å². The van der Waals surface area contributed by atoms with Crippen LogP contribution in [-0.4, -0.2) is 27.0 Å². The first-order chi connectivity index (χ1) is 13.2. The third kappa shape index (κ3) is 3.36. The quantitative estimate of drug-likeness (QED) is 0.708. The first kappa shape index (κ1) is 18.2. The molecular weight excluding hydrogens is 394 g/mol. The van der Waals surface area contributed by atoms with E-state index in [0.717, 1.165) is 11.4 Å². The van der Waals surface area contributed by atoms with Gasteiger partial charge in [-0.15, -0.1) is 8.78 Å². The molecule has 7 nitrogen and oxygen atoms in total. The molecule has 1 aliphatic heterocycles. The molecule has 0 saturated carbocycles. The molecule has 0 bridgehead atoms. The van der Waals surface area contributed by atoms with Crippen LogP contribution in [0.2, 0.25) is 5.02 Å². The second-order valence-corrected chi connectivity index (χ2v) is 6.53. The van der Waals surface area contributed by atoms with Crippen molar-refractivity contribution in [3.05, 3.63) is 58.5 Å². The van der Waals surface area contributed by atoms with Crippen molar-refractivity contribution >= 4 is 23.2 Å². The second-order valence-electron chi connectivity index (χ2n) is 6.12. The molecule has 0 radical (unpaired) electrons. The summed E-state index contributed by atoms with van der Waals surface area (Å²) >= 11 is 6.12. The van der Waals surface area contributed by atoms with Gasteiger partial charge in [0.05, 0.1) is 10.7 Å². The van der Waals surface area contributed by atoms with Gasteiger partial charge in [-0.05, 0) is 44.2 Å². The van der Waals surface area contributed by atoms with Gasteiger partial charge in [-0.2, -0.15) is 5.10 Å². The van der Waals surface area contributed by atoms with Crippen LogP contribution < -0.4 is 14.8 Å². The van der Waals surface area contributed by atoms with Gasteiger partial charge in [0.1, 0.15) is 5.69 Å². The van der Waals surface area contributed by atoms with Crippen LogP contribution >= 0.6 is 11.6 Å². The van der Waals surface area contributed by atoms with Gasteiger partial charge in [0.25, 0.3) is 5.91 Å². The molecule has 0 unspecified atom stereocenters. The maximum Gasteiger partial charge on any atom is 0.586 e. The van der Waals surface area contributed by atoms with E-state index >= 15 is 0 Å². The number of hydrogen-bond acceptors (Lipinski definition) is 5. The number of halogens is 3. The van der Waals surface area contributed by atoms with Gasteiger partial charge in [0.2, 0.25) is 0 Å². The maximum atomic E-state index is 13.1. The fourth-order valence-corrected chi connectivity index (χ4v) is 2.98. The fourth-order valence-electron chi connectivity index (χ4n) is 2.79. The molecule has 1 N–H and O–H groups in total. The van der Waals surface area contributed by atoms with Crippen molar-refractivity contribution in [1.29, 1.82) is 0 Å². The van der Waals surface area contributed by atoms with Gasteiger partial charge < -0.3 is 14.8 Å². The van der Waals surface area contributed by atoms with Crippen molar-refractivity contribution in [2.24, 2.45) is 0 Å². The number of carbonyl (C=O) groups is 1. The minimum atomic E-state index is -3.73. The molecule has 10 heteroatoms. The van der Waals surface area contributed by atoms with Crippen molar-refractivity contribution in [1.82, 2.24) is 14.8 Å². The summed E-state index contributed by atoms with van der Waals surface area (Å²) in [6.07, 6.45) is -3.73. The molecule has 1 aliphatic rings. The maximum absolute atomic E-state index is 13.1. The molecule has 3 aromatic rings. The molecule has 2 aromatic heterocycles. The molecule has 0 fully saturated rings. The zero-order chi connectivity index (χ0) is 20.1. The van der Waals surface area contributed by atoms with E-state index in [1.807, 2.05) is 19.9 Å². The first-order valence-corrected chi connectivity index (χ1v) is 8.51. The largest absolute Gasteiger partial charge is 0.586 e. The summed E-state index contributed by atoms with van der Waals surface area (Å²) < 4.78 is 36.5. The Labute approximate surface area is 162 Å². The molecule has 144 valence electrons. The summed E-state index contributed by atoms with van der Waals surface area (Å²) in [5.41, 5.74) is 1.84. The van der Waals surface area contributed by atoms with E-state index in [1.165, 1.54) is 24.3 Å². The number of ether oxygens (including phenoxy) is 2. The fraction of sp³-hybridized carbons (Fsp3) is 0.167. The average molecular weight is 407 g/mol. The zero-order valence-electron chi connectivity index (χ0n) is 14.7. The lowest BCUT2D eigenvalue weighted by Gasteiger charge is -2.09. The van der Waals surface area contributed by atoms with Crippen molar-refractivity contribution in [2.45, 2.75) is 20.1 Å². The lowest BCUT2D eigenvalue weighted by atomic mass is 10.2. The number of alkyl halides is 2. The zero-order valence-corrected chi connectivity index (χ0v) is 15.4. The number of nitrogens with one attached hydrogen (secondary N) is 1. The molecule has 0 aliphatic carbocycles. The number of carbonyl (C=O) groups excluding carboxylic acids is 1. The van der Waals surface area contributed by atoms with Gasteiger partial charge in [0.15, 0.2) is 17.3 Å². The van der Waals surface area contributed by atoms with Crippen molar-refractivity contribution in [2.75, 3.05) is 5.32 Å². The van der Waals surface area contributed by atoms with Gasteiger partial charge in [0, 0.05) is 17.4 Å². The Morgan fingerprint density at radius 2 is 1.89 bits per heavy atom. The normalized spacial score (nSPS) is 14.2. The van der Waals surface area contributed by atoms with E-state index in [0.29, 0.717) is 5.82 Å². The van der Waals surface area contributed by atoms with Crippen molar-refractivity contribution in [3.63, 3.8) is 0 Å². The summed E-state index contributed by atoms with van der Waals surface area (Å²) in [6.45, 7) is 3.70. The van der Waals surface area contributed by atoms with E-state index < -0.39 is 12.2 Å². The number of benzene rings is 1. The lowest BCUT2D eigenvalue weighted by molar-refractivity contribution is -0.286. The predicted molar refractivity (Wildman–Crippen MR) is 96.4 cm³/mol. The summed E-state index contributed by atoms with van der Waals surface area (Å²) in [5, 5.41) is 7.02. The number of fused-ring (bicyclic) bond motifs is 1. The monoisotopic (exact) mass is 406 g/mol. The summed E-state index contributed by atoms with van der Waals surface area (Å²) in [5.74, 6) is -0.492. The van der Waals surface area contributed by atoms with Crippen LogP contribution in [0.25, 0.3) is 5.82 Å². The predicted octanol–water partition coefficient (Wildman–Crippen LogP) is 4.11.